The third kappa shape index (κ3) is 1.60. The zero-order valence-corrected chi connectivity index (χ0v) is 10.8. The van der Waals surface area contributed by atoms with Crippen molar-refractivity contribution in [3.05, 3.63) is 23.6 Å². The molecular weight excluding hydrogens is 238 g/mol. The van der Waals surface area contributed by atoms with Crippen LogP contribution in [0.2, 0.25) is 0 Å². The molecule has 0 spiro atoms. The van der Waals surface area contributed by atoms with Gasteiger partial charge in [-0.2, -0.15) is 0 Å². The molecule has 0 bridgehead atoms. The maximum atomic E-state index is 5.43. The number of thioether (sulfide) groups is 1. The van der Waals surface area contributed by atoms with Crippen molar-refractivity contribution in [2.24, 2.45) is 0 Å². The van der Waals surface area contributed by atoms with E-state index in [0.717, 1.165) is 5.89 Å². The van der Waals surface area contributed by atoms with Crippen LogP contribution in [0.25, 0.3) is 10.8 Å². The summed E-state index contributed by atoms with van der Waals surface area (Å²) in [7, 11) is 0. The number of fused-ring (bicyclic) bond motifs is 1. The molecule has 0 saturated carbocycles. The summed E-state index contributed by atoms with van der Waals surface area (Å²) in [5.41, 5.74) is 3.04. The Morgan fingerprint density at radius 3 is 2.81 bits per heavy atom. The molecule has 2 nitrogen and oxygen atoms in total. The zero-order valence-electron chi connectivity index (χ0n) is 9.16. The van der Waals surface area contributed by atoms with Crippen molar-refractivity contribution in [1.82, 2.24) is 4.98 Å². The summed E-state index contributed by atoms with van der Waals surface area (Å²) in [4.78, 5) is 5.53. The number of oxazole rings is 1. The van der Waals surface area contributed by atoms with E-state index in [4.69, 9.17) is 4.42 Å². The van der Waals surface area contributed by atoms with Gasteiger partial charge >= 0.3 is 0 Å². The Bertz CT molecular complexity index is 487. The predicted octanol–water partition coefficient (Wildman–Crippen LogP) is 4.00. The molecule has 0 atom stereocenters. The molecule has 2 aromatic rings. The Morgan fingerprint density at radius 2 is 2.12 bits per heavy atom. The average Bonchev–Trinajstić information content (AvgIpc) is 2.95. The molecular formula is C12H13NOS2. The van der Waals surface area contributed by atoms with E-state index in [1.807, 2.05) is 23.1 Å². The molecule has 0 N–H and O–H groups in total. The number of hydrogen-bond donors (Lipinski definition) is 0. The fraction of sp³-hybridized carbons (Fsp3) is 0.417. The smallest absolute Gasteiger partial charge is 0.236 e. The summed E-state index contributed by atoms with van der Waals surface area (Å²) in [6, 6.07) is 0. The van der Waals surface area contributed by atoms with Crippen molar-refractivity contribution in [3.63, 3.8) is 0 Å². The van der Waals surface area contributed by atoms with Gasteiger partial charge in [0.05, 0.1) is 15.3 Å². The summed E-state index contributed by atoms with van der Waals surface area (Å²) < 4.78 is 6.88. The fourth-order valence-electron chi connectivity index (χ4n) is 2.27. The van der Waals surface area contributed by atoms with Crippen LogP contribution in [0.1, 0.15) is 24.0 Å². The van der Waals surface area contributed by atoms with Crippen molar-refractivity contribution in [2.45, 2.75) is 29.9 Å². The molecule has 4 heteroatoms. The van der Waals surface area contributed by atoms with E-state index >= 15 is 0 Å². The van der Waals surface area contributed by atoms with Gasteiger partial charge in [0.2, 0.25) is 5.89 Å². The third-order valence-corrected chi connectivity index (χ3v) is 5.42. The molecule has 0 aromatic carbocycles. The van der Waals surface area contributed by atoms with E-state index in [0.29, 0.717) is 0 Å². The van der Waals surface area contributed by atoms with Gasteiger partial charge in [-0.05, 0) is 43.1 Å². The van der Waals surface area contributed by atoms with E-state index in [1.165, 1.54) is 40.3 Å². The maximum absolute atomic E-state index is 5.43. The van der Waals surface area contributed by atoms with Gasteiger partial charge in [0, 0.05) is 0 Å². The molecule has 0 fully saturated rings. The average molecular weight is 251 g/mol. The molecule has 1 aliphatic rings. The van der Waals surface area contributed by atoms with Crippen LogP contribution in [0.3, 0.4) is 0 Å². The lowest BCUT2D eigenvalue weighted by atomic mass is 9.94. The summed E-state index contributed by atoms with van der Waals surface area (Å²) in [5.74, 6) is 0.795. The van der Waals surface area contributed by atoms with Crippen LogP contribution < -0.4 is 0 Å². The van der Waals surface area contributed by atoms with Crippen molar-refractivity contribution >= 4 is 23.1 Å². The molecule has 2 heterocycles. The standard InChI is InChI=1S/C12H13NOS2/c1-15-12-9-5-3-2-4-8(9)10(16-12)11-13-6-7-14-11/h6-7H,2-5H2,1H3. The Balaban J connectivity index is 2.15. The van der Waals surface area contributed by atoms with Crippen LogP contribution in [-0.4, -0.2) is 11.2 Å². The minimum atomic E-state index is 0.795. The van der Waals surface area contributed by atoms with Gasteiger partial charge in [-0.3, -0.25) is 0 Å². The van der Waals surface area contributed by atoms with Gasteiger partial charge in [-0.1, -0.05) is 0 Å². The van der Waals surface area contributed by atoms with Gasteiger partial charge in [-0.15, -0.1) is 23.1 Å². The first-order valence-electron chi connectivity index (χ1n) is 5.48. The molecule has 0 saturated heterocycles. The van der Waals surface area contributed by atoms with Crippen molar-refractivity contribution < 1.29 is 4.42 Å². The Morgan fingerprint density at radius 1 is 1.31 bits per heavy atom. The highest BCUT2D eigenvalue weighted by Gasteiger charge is 2.23. The molecule has 0 amide bonds. The largest absolute Gasteiger partial charge is 0.444 e. The van der Waals surface area contributed by atoms with E-state index in [1.54, 1.807) is 18.0 Å². The molecule has 2 aromatic heterocycles. The van der Waals surface area contributed by atoms with E-state index in [2.05, 4.69) is 11.2 Å². The minimum Gasteiger partial charge on any atom is -0.444 e. The van der Waals surface area contributed by atoms with Crippen LogP contribution in [0.5, 0.6) is 0 Å². The van der Waals surface area contributed by atoms with Crippen LogP contribution in [0, 0.1) is 0 Å². The second-order valence-corrected chi connectivity index (χ2v) is 6.02. The second-order valence-electron chi connectivity index (χ2n) is 3.92. The van der Waals surface area contributed by atoms with E-state index < -0.39 is 0 Å². The van der Waals surface area contributed by atoms with Gasteiger partial charge in [0.25, 0.3) is 0 Å². The lowest BCUT2D eigenvalue weighted by molar-refractivity contribution is 0.574. The molecule has 0 radical (unpaired) electrons. The number of nitrogens with zero attached hydrogens (tertiary/aromatic N) is 1. The molecule has 84 valence electrons. The zero-order chi connectivity index (χ0) is 11.0. The highest BCUT2D eigenvalue weighted by Crippen LogP contribution is 2.43. The number of rotatable bonds is 2. The summed E-state index contributed by atoms with van der Waals surface area (Å²) in [6.45, 7) is 0. The molecule has 0 aliphatic heterocycles. The molecule has 0 unspecified atom stereocenters. The monoisotopic (exact) mass is 251 g/mol. The first kappa shape index (κ1) is 10.4. The first-order valence-corrected chi connectivity index (χ1v) is 7.52. The van der Waals surface area contributed by atoms with Gasteiger partial charge in [-0.25, -0.2) is 4.98 Å². The Kier molecular flexibility index (Phi) is 2.77. The second kappa shape index (κ2) is 4.26. The lowest BCUT2D eigenvalue weighted by Crippen LogP contribution is -2.00. The third-order valence-electron chi connectivity index (χ3n) is 3.00. The quantitative estimate of drug-likeness (QED) is 0.754. The number of hydrogen-bond acceptors (Lipinski definition) is 4. The van der Waals surface area contributed by atoms with Crippen LogP contribution in [-0.2, 0) is 12.8 Å². The van der Waals surface area contributed by atoms with Crippen LogP contribution in [0.15, 0.2) is 21.1 Å². The Labute approximate surface area is 103 Å². The molecule has 16 heavy (non-hydrogen) atoms. The highest BCUT2D eigenvalue weighted by molar-refractivity contribution is 8.00. The maximum Gasteiger partial charge on any atom is 0.236 e. The van der Waals surface area contributed by atoms with E-state index in [9.17, 15) is 0 Å². The lowest BCUT2D eigenvalue weighted by Gasteiger charge is -2.12. The molecule has 3 rings (SSSR count). The fourth-order valence-corrected chi connectivity index (χ4v) is 4.40. The predicted molar refractivity (Wildman–Crippen MR) is 68.2 cm³/mol. The molecule has 1 aliphatic carbocycles. The highest BCUT2D eigenvalue weighted by atomic mass is 32.2. The van der Waals surface area contributed by atoms with Crippen molar-refractivity contribution in [2.75, 3.05) is 6.26 Å². The minimum absolute atomic E-state index is 0.795. The van der Waals surface area contributed by atoms with Crippen molar-refractivity contribution in [3.8, 4) is 10.8 Å². The van der Waals surface area contributed by atoms with Crippen LogP contribution in [0.4, 0.5) is 0 Å². The van der Waals surface area contributed by atoms with E-state index in [-0.39, 0.29) is 0 Å². The summed E-state index contributed by atoms with van der Waals surface area (Å²) in [5, 5.41) is 0. The topological polar surface area (TPSA) is 26.0 Å². The van der Waals surface area contributed by atoms with Gasteiger partial charge < -0.3 is 4.42 Å². The number of aromatic nitrogens is 1. The SMILES string of the molecule is CSc1sc(-c2ncco2)c2c1CCCC2. The van der Waals surface area contributed by atoms with Gasteiger partial charge in [0.15, 0.2) is 0 Å². The summed E-state index contributed by atoms with van der Waals surface area (Å²) >= 11 is 3.69. The van der Waals surface area contributed by atoms with Crippen LogP contribution >= 0.6 is 23.1 Å². The first-order chi connectivity index (χ1) is 7.90. The van der Waals surface area contributed by atoms with Crippen molar-refractivity contribution in [1.29, 1.82) is 0 Å². The van der Waals surface area contributed by atoms with Gasteiger partial charge in [0.1, 0.15) is 6.26 Å². The Hall–Kier alpha value is -0.740. The number of thiophene rings is 1. The normalized spacial score (nSPS) is 15.1. The summed E-state index contributed by atoms with van der Waals surface area (Å²) in [6.07, 6.45) is 10.6.